The molecule has 0 saturated heterocycles. The second kappa shape index (κ2) is 6.22. The Hall–Kier alpha value is -1.32. The Morgan fingerprint density at radius 2 is 2.07 bits per heavy atom. The molecule has 0 aromatic carbocycles. The van der Waals surface area contributed by atoms with E-state index in [1.54, 1.807) is 26.8 Å². The smallest absolute Gasteiger partial charge is 0.410 e. The number of aldehydes is 1. The monoisotopic (exact) mass is 213 g/mol. The molecule has 0 aliphatic rings. The summed E-state index contributed by atoms with van der Waals surface area (Å²) in [5.74, 6) is 0. The molecular weight excluding hydrogens is 194 g/mol. The van der Waals surface area contributed by atoms with Gasteiger partial charge in [0, 0.05) is 6.54 Å². The highest BCUT2D eigenvalue weighted by molar-refractivity contribution is 5.71. The fourth-order valence-electron chi connectivity index (χ4n) is 0.921. The molecule has 0 aromatic heterocycles. The minimum Gasteiger partial charge on any atom is -0.444 e. The van der Waals surface area contributed by atoms with Crippen molar-refractivity contribution in [2.45, 2.75) is 32.8 Å². The van der Waals surface area contributed by atoms with Crippen molar-refractivity contribution < 1.29 is 14.3 Å². The SMILES string of the molecule is C=CCCN(CC=O)C(=O)OC(C)(C)C. The van der Waals surface area contributed by atoms with E-state index >= 15 is 0 Å². The Bertz CT molecular complexity index is 230. The van der Waals surface area contributed by atoms with Crippen molar-refractivity contribution >= 4 is 12.4 Å². The predicted molar refractivity (Wildman–Crippen MR) is 58.7 cm³/mol. The Labute approximate surface area is 90.9 Å². The summed E-state index contributed by atoms with van der Waals surface area (Å²) >= 11 is 0. The quantitative estimate of drug-likeness (QED) is 0.518. The maximum Gasteiger partial charge on any atom is 0.410 e. The molecule has 1 amide bonds. The molecule has 0 spiro atoms. The summed E-state index contributed by atoms with van der Waals surface area (Å²) in [5, 5.41) is 0. The molecule has 0 heterocycles. The Morgan fingerprint density at radius 1 is 1.47 bits per heavy atom. The summed E-state index contributed by atoms with van der Waals surface area (Å²) in [5.41, 5.74) is -0.535. The Morgan fingerprint density at radius 3 is 2.47 bits per heavy atom. The first-order chi connectivity index (χ1) is 6.90. The van der Waals surface area contributed by atoms with Gasteiger partial charge < -0.3 is 14.4 Å². The molecule has 0 aliphatic carbocycles. The second-order valence-corrected chi connectivity index (χ2v) is 4.17. The first kappa shape index (κ1) is 13.7. The van der Waals surface area contributed by atoms with Gasteiger partial charge in [0.1, 0.15) is 11.9 Å². The summed E-state index contributed by atoms with van der Waals surface area (Å²) in [6.45, 7) is 9.44. The molecule has 0 atom stereocenters. The summed E-state index contributed by atoms with van der Waals surface area (Å²) in [6, 6.07) is 0. The van der Waals surface area contributed by atoms with Gasteiger partial charge in [-0.1, -0.05) is 6.08 Å². The number of ether oxygens (including phenoxy) is 1. The fraction of sp³-hybridized carbons (Fsp3) is 0.636. The molecule has 0 aliphatic heterocycles. The van der Waals surface area contributed by atoms with Gasteiger partial charge in [-0.2, -0.15) is 0 Å². The first-order valence-corrected chi connectivity index (χ1v) is 4.93. The lowest BCUT2D eigenvalue weighted by Crippen LogP contribution is -2.38. The lowest BCUT2D eigenvalue weighted by molar-refractivity contribution is -0.109. The fourth-order valence-corrected chi connectivity index (χ4v) is 0.921. The number of nitrogens with zero attached hydrogens (tertiary/aromatic N) is 1. The van der Waals surface area contributed by atoms with Crippen molar-refractivity contribution in [3.8, 4) is 0 Å². The van der Waals surface area contributed by atoms with Gasteiger partial charge in [-0.05, 0) is 27.2 Å². The highest BCUT2D eigenvalue weighted by Crippen LogP contribution is 2.09. The highest BCUT2D eigenvalue weighted by atomic mass is 16.6. The van der Waals surface area contributed by atoms with Crippen LogP contribution in [0.2, 0.25) is 0 Å². The van der Waals surface area contributed by atoms with Crippen molar-refractivity contribution in [3.63, 3.8) is 0 Å². The van der Waals surface area contributed by atoms with Gasteiger partial charge in [0.2, 0.25) is 0 Å². The van der Waals surface area contributed by atoms with Crippen LogP contribution < -0.4 is 0 Å². The average molecular weight is 213 g/mol. The molecule has 0 N–H and O–H groups in total. The van der Waals surface area contributed by atoms with Crippen molar-refractivity contribution in [2.24, 2.45) is 0 Å². The zero-order valence-corrected chi connectivity index (χ0v) is 9.66. The van der Waals surface area contributed by atoms with Gasteiger partial charge in [-0.25, -0.2) is 4.79 Å². The lowest BCUT2D eigenvalue weighted by Gasteiger charge is -2.25. The molecular formula is C11H19NO3. The topological polar surface area (TPSA) is 46.6 Å². The summed E-state index contributed by atoms with van der Waals surface area (Å²) in [6.07, 6.45) is 2.57. The summed E-state index contributed by atoms with van der Waals surface area (Å²) in [4.78, 5) is 23.3. The van der Waals surface area contributed by atoms with E-state index in [4.69, 9.17) is 4.74 Å². The number of amides is 1. The molecule has 86 valence electrons. The van der Waals surface area contributed by atoms with Crippen molar-refractivity contribution in [1.82, 2.24) is 4.90 Å². The van der Waals surface area contributed by atoms with Crippen LogP contribution in [-0.4, -0.2) is 36.0 Å². The molecule has 15 heavy (non-hydrogen) atoms. The molecule has 0 rings (SSSR count). The van der Waals surface area contributed by atoms with Crippen LogP contribution in [0.4, 0.5) is 4.79 Å². The Kier molecular flexibility index (Phi) is 5.67. The molecule has 0 fully saturated rings. The van der Waals surface area contributed by atoms with E-state index in [-0.39, 0.29) is 6.54 Å². The van der Waals surface area contributed by atoms with Crippen LogP contribution in [0.15, 0.2) is 12.7 Å². The van der Waals surface area contributed by atoms with Gasteiger partial charge in [-0.3, -0.25) is 0 Å². The molecule has 0 saturated carbocycles. The normalized spacial score (nSPS) is 10.6. The van der Waals surface area contributed by atoms with E-state index in [9.17, 15) is 9.59 Å². The van der Waals surface area contributed by atoms with E-state index in [0.717, 1.165) is 0 Å². The third-order valence-corrected chi connectivity index (χ3v) is 1.55. The van der Waals surface area contributed by atoms with E-state index in [1.807, 2.05) is 0 Å². The van der Waals surface area contributed by atoms with Gasteiger partial charge in [-0.15, -0.1) is 6.58 Å². The van der Waals surface area contributed by atoms with Gasteiger partial charge in [0.15, 0.2) is 0 Å². The van der Waals surface area contributed by atoms with Crippen LogP contribution in [0.1, 0.15) is 27.2 Å². The maximum atomic E-state index is 11.6. The molecule has 0 unspecified atom stereocenters. The van der Waals surface area contributed by atoms with Crippen LogP contribution in [-0.2, 0) is 9.53 Å². The Balaban J connectivity index is 4.27. The lowest BCUT2D eigenvalue weighted by atomic mass is 10.2. The molecule has 0 aromatic rings. The number of carbonyl (C=O) groups excluding carboxylic acids is 2. The predicted octanol–water partition coefficient (Wildman–Crippen LogP) is 2.00. The van der Waals surface area contributed by atoms with Crippen LogP contribution in [0, 0.1) is 0 Å². The molecule has 0 bridgehead atoms. The third-order valence-electron chi connectivity index (χ3n) is 1.55. The molecule has 4 heteroatoms. The number of rotatable bonds is 5. The van der Waals surface area contributed by atoms with Gasteiger partial charge in [0.25, 0.3) is 0 Å². The third kappa shape index (κ3) is 6.71. The molecule has 0 radical (unpaired) electrons. The van der Waals surface area contributed by atoms with Crippen molar-refractivity contribution in [2.75, 3.05) is 13.1 Å². The van der Waals surface area contributed by atoms with Gasteiger partial charge >= 0.3 is 6.09 Å². The van der Waals surface area contributed by atoms with E-state index in [0.29, 0.717) is 19.3 Å². The highest BCUT2D eigenvalue weighted by Gasteiger charge is 2.21. The average Bonchev–Trinajstić information content (AvgIpc) is 2.09. The van der Waals surface area contributed by atoms with Crippen LogP contribution >= 0.6 is 0 Å². The van der Waals surface area contributed by atoms with E-state index in [1.165, 1.54) is 4.90 Å². The maximum absolute atomic E-state index is 11.6. The molecule has 4 nitrogen and oxygen atoms in total. The zero-order chi connectivity index (χ0) is 11.9. The van der Waals surface area contributed by atoms with Crippen molar-refractivity contribution in [3.05, 3.63) is 12.7 Å². The number of hydrogen-bond acceptors (Lipinski definition) is 3. The zero-order valence-electron chi connectivity index (χ0n) is 9.66. The van der Waals surface area contributed by atoms with E-state index in [2.05, 4.69) is 6.58 Å². The van der Waals surface area contributed by atoms with Gasteiger partial charge in [0.05, 0.1) is 6.54 Å². The van der Waals surface area contributed by atoms with Crippen LogP contribution in [0.25, 0.3) is 0 Å². The summed E-state index contributed by atoms with van der Waals surface area (Å²) in [7, 11) is 0. The number of hydrogen-bond donors (Lipinski definition) is 0. The standard InChI is InChI=1S/C11H19NO3/c1-5-6-7-12(8-9-13)10(14)15-11(2,3)4/h5,9H,1,6-8H2,2-4H3. The van der Waals surface area contributed by atoms with Crippen LogP contribution in [0.3, 0.4) is 0 Å². The minimum absolute atomic E-state index is 0.0583. The van der Waals surface area contributed by atoms with E-state index < -0.39 is 11.7 Å². The van der Waals surface area contributed by atoms with Crippen LogP contribution in [0.5, 0.6) is 0 Å². The summed E-state index contributed by atoms with van der Waals surface area (Å²) < 4.78 is 5.14. The minimum atomic E-state index is -0.535. The largest absolute Gasteiger partial charge is 0.444 e. The van der Waals surface area contributed by atoms with Crippen molar-refractivity contribution in [1.29, 1.82) is 0 Å². The number of carbonyl (C=O) groups is 2. The second-order valence-electron chi connectivity index (χ2n) is 4.17. The first-order valence-electron chi connectivity index (χ1n) is 4.93.